The molecule has 10 heteroatoms. The second-order valence-corrected chi connectivity index (χ2v) is 8.87. The molecule has 2 aromatic carbocycles. The molecule has 0 fully saturated rings. The number of alkyl halides is 3. The first-order valence-corrected chi connectivity index (χ1v) is 11.6. The van der Waals surface area contributed by atoms with Crippen molar-refractivity contribution >= 4 is 28.9 Å². The molecule has 0 bridgehead atoms. The summed E-state index contributed by atoms with van der Waals surface area (Å²) >= 11 is 0.660. The predicted octanol–water partition coefficient (Wildman–Crippen LogP) is 5.96. The van der Waals surface area contributed by atoms with Crippen molar-refractivity contribution in [3.05, 3.63) is 64.4 Å². The lowest BCUT2D eigenvalue weighted by atomic mass is 10.1. The van der Waals surface area contributed by atoms with Crippen molar-refractivity contribution in [2.75, 3.05) is 20.3 Å². The van der Waals surface area contributed by atoms with E-state index in [0.717, 1.165) is 0 Å². The molecule has 2 heterocycles. The van der Waals surface area contributed by atoms with Crippen LogP contribution in [0.4, 0.5) is 18.9 Å². The first kappa shape index (κ1) is 24.6. The number of methoxy groups -OCH3 is 1. The van der Waals surface area contributed by atoms with Crippen LogP contribution < -0.4 is 9.47 Å². The summed E-state index contributed by atoms with van der Waals surface area (Å²) in [6.45, 7) is 0.663. The molecule has 0 unspecified atom stereocenters. The molecule has 1 aliphatic rings. The van der Waals surface area contributed by atoms with E-state index in [1.54, 1.807) is 53.1 Å². The van der Waals surface area contributed by atoms with E-state index in [4.69, 9.17) is 9.47 Å². The Labute approximate surface area is 203 Å². The highest BCUT2D eigenvalue weighted by Gasteiger charge is 2.36. The topological polar surface area (TPSA) is 68.0 Å². The van der Waals surface area contributed by atoms with Crippen molar-refractivity contribution in [3.63, 3.8) is 0 Å². The van der Waals surface area contributed by atoms with Gasteiger partial charge in [-0.25, -0.2) is 0 Å². The van der Waals surface area contributed by atoms with E-state index in [0.29, 0.717) is 52.1 Å². The van der Waals surface area contributed by atoms with Gasteiger partial charge in [-0.2, -0.15) is 17.7 Å². The Morgan fingerprint density at radius 3 is 2.63 bits per heavy atom. The largest absolute Gasteiger partial charge is 0.488 e. The van der Waals surface area contributed by atoms with E-state index in [9.17, 15) is 23.1 Å². The Morgan fingerprint density at radius 1 is 1.14 bits per heavy atom. The van der Waals surface area contributed by atoms with Gasteiger partial charge in [0.1, 0.15) is 23.8 Å². The molecule has 6 nitrogen and oxygen atoms in total. The molecule has 0 radical (unpaired) electrons. The number of fused-ring (bicyclic) bond motifs is 1. The summed E-state index contributed by atoms with van der Waals surface area (Å²) in [4.78, 5) is 11.1. The third kappa shape index (κ3) is 5.76. The van der Waals surface area contributed by atoms with Crippen molar-refractivity contribution < 1.29 is 41.9 Å². The summed E-state index contributed by atoms with van der Waals surface area (Å²) in [5.41, 5.74) is 1.23. The molecular formula is C25H23F3NO5S+. The molecule has 0 saturated carbocycles. The van der Waals surface area contributed by atoms with Crippen LogP contribution >= 0.6 is 11.3 Å². The summed E-state index contributed by atoms with van der Waals surface area (Å²) in [5.74, 6) is 0.472. The normalized spacial score (nSPS) is 14.6. The lowest BCUT2D eigenvalue weighted by Gasteiger charge is -2.17. The zero-order chi connectivity index (χ0) is 25.0. The smallest absolute Gasteiger partial charge is 0.426 e. The van der Waals surface area contributed by atoms with Gasteiger partial charge in [0.25, 0.3) is 5.69 Å². The van der Waals surface area contributed by atoms with E-state index >= 15 is 0 Å². The van der Waals surface area contributed by atoms with Crippen LogP contribution in [0.15, 0.2) is 54.6 Å². The first-order chi connectivity index (χ1) is 16.8. The summed E-state index contributed by atoms with van der Waals surface area (Å²) in [6, 6.07) is 14.9. The monoisotopic (exact) mass is 506 g/mol. The third-order valence-electron chi connectivity index (χ3n) is 5.39. The van der Waals surface area contributed by atoms with E-state index in [-0.39, 0.29) is 30.9 Å². The molecule has 0 saturated heterocycles. The van der Waals surface area contributed by atoms with Crippen LogP contribution in [0, 0.1) is 0 Å². The van der Waals surface area contributed by atoms with Crippen molar-refractivity contribution in [1.82, 2.24) is 0 Å². The molecule has 4 rings (SSSR count). The number of aliphatic hydroxyl groups is 1. The highest BCUT2D eigenvalue weighted by Crippen LogP contribution is 2.43. The van der Waals surface area contributed by atoms with Gasteiger partial charge in [-0.05, 0) is 17.7 Å². The first-order valence-electron chi connectivity index (χ1n) is 10.8. The molecule has 0 atom stereocenters. The van der Waals surface area contributed by atoms with Gasteiger partial charge in [0, 0.05) is 22.6 Å². The minimum Gasteiger partial charge on any atom is -0.488 e. The lowest BCUT2D eigenvalue weighted by Crippen LogP contribution is -2.27. The van der Waals surface area contributed by atoms with Crippen LogP contribution in [0.2, 0.25) is 0 Å². The van der Waals surface area contributed by atoms with Crippen LogP contribution in [0.1, 0.15) is 22.6 Å². The number of esters is 1. The molecule has 1 aliphatic heterocycles. The maximum atomic E-state index is 13.6. The Hall–Kier alpha value is -3.53. The Balaban J connectivity index is 1.52. The standard InChI is InChI=1S/C25H22F3NO5S/c1-32-23(31)10-9-22(30)29-11-12-33-21-13-17(7-8-20(21)29)34-15-18-14-19(16-5-3-2-4-6-16)24(35-18)25(26,27)28/h2-8,13-14H,9-12,15H2,1H3/p+1. The second kappa shape index (κ2) is 10.4. The van der Waals surface area contributed by atoms with E-state index in [1.807, 2.05) is 0 Å². The number of hydrogen-bond donors (Lipinski definition) is 1. The highest BCUT2D eigenvalue weighted by atomic mass is 32.1. The fraction of sp³-hybridized carbons (Fsp3) is 0.280. The maximum Gasteiger partial charge on any atom is 0.426 e. The van der Waals surface area contributed by atoms with Crippen LogP contribution in [-0.2, 0) is 22.3 Å². The van der Waals surface area contributed by atoms with Crippen molar-refractivity contribution in [1.29, 1.82) is 0 Å². The van der Waals surface area contributed by atoms with Gasteiger partial charge in [-0.3, -0.25) is 4.79 Å². The van der Waals surface area contributed by atoms with Crippen LogP contribution in [0.5, 0.6) is 11.5 Å². The van der Waals surface area contributed by atoms with Crippen LogP contribution in [0.3, 0.4) is 0 Å². The average Bonchev–Trinajstić information content (AvgIpc) is 3.31. The quantitative estimate of drug-likeness (QED) is 0.243. The Morgan fingerprint density at radius 2 is 1.91 bits per heavy atom. The second-order valence-electron chi connectivity index (χ2n) is 7.73. The third-order valence-corrected chi connectivity index (χ3v) is 6.55. The van der Waals surface area contributed by atoms with Crippen LogP contribution in [-0.4, -0.2) is 41.8 Å². The summed E-state index contributed by atoms with van der Waals surface area (Å²) in [7, 11) is 1.29. The predicted molar refractivity (Wildman–Crippen MR) is 125 cm³/mol. The maximum absolute atomic E-state index is 13.6. The summed E-state index contributed by atoms with van der Waals surface area (Å²) < 4.78 is 58.6. The SMILES string of the molecule is COC(=O)CCC(O)=[N+]1CCOc2cc(OCc3cc(-c4ccccc4)c(C(F)(F)F)s3)ccc21. The number of carbonyl (C=O) groups is 1. The Bertz CT molecular complexity index is 1240. The number of carbonyl (C=O) groups excluding carboxylic acids is 1. The molecule has 0 aliphatic carbocycles. The summed E-state index contributed by atoms with van der Waals surface area (Å²) in [5, 5.41) is 10.4. The fourth-order valence-electron chi connectivity index (χ4n) is 3.72. The van der Waals surface area contributed by atoms with E-state index in [2.05, 4.69) is 4.74 Å². The van der Waals surface area contributed by atoms with Gasteiger partial charge < -0.3 is 19.3 Å². The minimum absolute atomic E-state index is 0.0142. The van der Waals surface area contributed by atoms with E-state index < -0.39 is 17.0 Å². The van der Waals surface area contributed by atoms with Gasteiger partial charge >= 0.3 is 18.0 Å². The molecular weight excluding hydrogens is 483 g/mol. The molecule has 3 aromatic rings. The minimum atomic E-state index is -4.47. The van der Waals surface area contributed by atoms with Crippen molar-refractivity contribution in [2.45, 2.75) is 25.6 Å². The molecule has 1 N–H and O–H groups in total. The number of ether oxygens (including phenoxy) is 3. The van der Waals surface area contributed by atoms with Crippen molar-refractivity contribution in [2.24, 2.45) is 0 Å². The van der Waals surface area contributed by atoms with E-state index in [1.165, 1.54) is 13.2 Å². The van der Waals surface area contributed by atoms with Crippen molar-refractivity contribution in [3.8, 4) is 22.6 Å². The van der Waals surface area contributed by atoms with Gasteiger partial charge in [0.05, 0.1) is 20.0 Å². The fourth-order valence-corrected chi connectivity index (χ4v) is 4.68. The average molecular weight is 507 g/mol. The van der Waals surface area contributed by atoms with Gasteiger partial charge in [-0.15, -0.1) is 11.3 Å². The molecule has 184 valence electrons. The number of thiophene rings is 1. The number of benzene rings is 2. The highest BCUT2D eigenvalue weighted by molar-refractivity contribution is 7.12. The number of nitrogens with zero attached hydrogens (tertiary/aromatic N) is 1. The lowest BCUT2D eigenvalue weighted by molar-refractivity contribution is -0.461. The Kier molecular flexibility index (Phi) is 7.30. The van der Waals surface area contributed by atoms with Crippen LogP contribution in [0.25, 0.3) is 11.1 Å². The molecule has 35 heavy (non-hydrogen) atoms. The molecule has 0 spiro atoms. The summed E-state index contributed by atoms with van der Waals surface area (Å²) in [6.07, 6.45) is -4.31. The number of aliphatic hydroxyl groups excluding tert-OH is 1. The molecule has 1 aromatic heterocycles. The molecule has 0 amide bonds. The number of hydrogen-bond acceptors (Lipinski definition) is 5. The van der Waals surface area contributed by atoms with Gasteiger partial charge in [0.15, 0.2) is 12.3 Å². The zero-order valence-corrected chi connectivity index (χ0v) is 19.6. The van der Waals surface area contributed by atoms with Gasteiger partial charge in [-0.1, -0.05) is 30.3 Å². The number of rotatable bonds is 7. The van der Waals surface area contributed by atoms with Gasteiger partial charge in [0.2, 0.25) is 0 Å². The zero-order valence-electron chi connectivity index (χ0n) is 18.8. The number of halogens is 3.